The molecule has 0 fully saturated rings. The fourth-order valence-electron chi connectivity index (χ4n) is 2.15. The monoisotopic (exact) mass is 273 g/mol. The molecule has 2 aromatic rings. The Balaban J connectivity index is 2.27. The first kappa shape index (κ1) is 11.9. The lowest BCUT2D eigenvalue weighted by molar-refractivity contribution is 0.101. The van der Waals surface area contributed by atoms with E-state index in [0.29, 0.717) is 16.9 Å². The second-order valence-electron chi connectivity index (χ2n) is 4.39. The summed E-state index contributed by atoms with van der Waals surface area (Å²) in [5, 5.41) is 3.06. The minimum atomic E-state index is -3.52. The zero-order chi connectivity index (χ0) is 13.6. The predicted molar refractivity (Wildman–Crippen MR) is 71.6 cm³/mol. The zero-order valence-electron chi connectivity index (χ0n) is 10.2. The van der Waals surface area contributed by atoms with Crippen LogP contribution in [0.2, 0.25) is 0 Å². The van der Waals surface area contributed by atoms with Gasteiger partial charge >= 0.3 is 0 Å². The summed E-state index contributed by atoms with van der Waals surface area (Å²) in [5.74, 6) is -0.0964. The maximum absolute atomic E-state index is 12.5. The number of hydrogen-bond donors (Lipinski definition) is 1. The van der Waals surface area contributed by atoms with Crippen LogP contribution >= 0.6 is 0 Å². The van der Waals surface area contributed by atoms with Crippen LogP contribution in [0.4, 0.5) is 11.4 Å². The molecule has 96 valence electrons. The molecule has 0 saturated heterocycles. The molecule has 0 atom stereocenters. The van der Waals surface area contributed by atoms with Crippen LogP contribution < -0.4 is 5.32 Å². The van der Waals surface area contributed by atoms with Crippen molar-refractivity contribution in [2.75, 3.05) is 5.32 Å². The molecule has 4 nitrogen and oxygen atoms in total. The van der Waals surface area contributed by atoms with Crippen LogP contribution in [-0.2, 0) is 9.84 Å². The molecule has 0 radical (unpaired) electrons. The van der Waals surface area contributed by atoms with Gasteiger partial charge in [0.1, 0.15) is 0 Å². The molecule has 1 aliphatic rings. The number of benzene rings is 2. The van der Waals surface area contributed by atoms with Crippen molar-refractivity contribution < 1.29 is 13.2 Å². The van der Waals surface area contributed by atoms with Crippen molar-refractivity contribution in [2.24, 2.45) is 0 Å². The SMILES string of the molecule is CC(=O)c1ccc2c(c1)Nc1ccccc1S2(=O)=O. The zero-order valence-corrected chi connectivity index (χ0v) is 11.0. The van der Waals surface area contributed by atoms with E-state index in [-0.39, 0.29) is 15.6 Å². The van der Waals surface area contributed by atoms with Crippen LogP contribution in [0.5, 0.6) is 0 Å². The number of sulfone groups is 1. The second-order valence-corrected chi connectivity index (χ2v) is 6.28. The van der Waals surface area contributed by atoms with Crippen molar-refractivity contribution in [2.45, 2.75) is 16.7 Å². The van der Waals surface area contributed by atoms with Crippen LogP contribution in [0.3, 0.4) is 0 Å². The Morgan fingerprint density at radius 2 is 1.68 bits per heavy atom. The summed E-state index contributed by atoms with van der Waals surface area (Å²) in [6, 6.07) is 11.3. The molecule has 5 heteroatoms. The van der Waals surface area contributed by atoms with Crippen LogP contribution in [0.1, 0.15) is 17.3 Å². The van der Waals surface area contributed by atoms with Crippen molar-refractivity contribution in [1.29, 1.82) is 0 Å². The van der Waals surface area contributed by atoms with Crippen LogP contribution in [-0.4, -0.2) is 14.2 Å². The van der Waals surface area contributed by atoms with Gasteiger partial charge in [-0.2, -0.15) is 0 Å². The molecule has 0 amide bonds. The minimum absolute atomic E-state index is 0.0964. The summed E-state index contributed by atoms with van der Waals surface area (Å²) < 4.78 is 24.9. The summed E-state index contributed by atoms with van der Waals surface area (Å²) >= 11 is 0. The number of para-hydroxylation sites is 1. The average molecular weight is 273 g/mol. The van der Waals surface area contributed by atoms with E-state index in [2.05, 4.69) is 5.32 Å². The van der Waals surface area contributed by atoms with Gasteiger partial charge in [0.2, 0.25) is 9.84 Å². The Labute approximate surface area is 111 Å². The number of carbonyl (C=O) groups excluding carboxylic acids is 1. The van der Waals surface area contributed by atoms with Crippen molar-refractivity contribution in [1.82, 2.24) is 0 Å². The van der Waals surface area contributed by atoms with Gasteiger partial charge in [-0.05, 0) is 37.3 Å². The summed E-state index contributed by atoms with van der Waals surface area (Å²) in [7, 11) is -3.52. The molecule has 2 aromatic carbocycles. The van der Waals surface area contributed by atoms with Crippen molar-refractivity contribution >= 4 is 27.0 Å². The summed E-state index contributed by atoms with van der Waals surface area (Å²) in [6.07, 6.45) is 0. The Morgan fingerprint density at radius 1 is 1.00 bits per heavy atom. The molecule has 19 heavy (non-hydrogen) atoms. The lowest BCUT2D eigenvalue weighted by Crippen LogP contribution is -2.14. The smallest absolute Gasteiger partial charge is 0.210 e. The number of Topliss-reactive ketones (excluding diaryl/α,β-unsaturated/α-hetero) is 1. The molecule has 1 aliphatic heterocycles. The molecule has 0 spiro atoms. The molecule has 1 N–H and O–H groups in total. The number of fused-ring (bicyclic) bond motifs is 2. The molecule has 0 saturated carbocycles. The van der Waals surface area contributed by atoms with E-state index >= 15 is 0 Å². The first-order valence-corrected chi connectivity index (χ1v) is 7.24. The molecular weight excluding hydrogens is 262 g/mol. The van der Waals surface area contributed by atoms with Gasteiger partial charge < -0.3 is 5.32 Å². The average Bonchev–Trinajstić information content (AvgIpc) is 2.38. The Bertz CT molecular complexity index is 794. The second kappa shape index (κ2) is 3.93. The number of hydrogen-bond acceptors (Lipinski definition) is 4. The lowest BCUT2D eigenvalue weighted by Gasteiger charge is -2.21. The fourth-order valence-corrected chi connectivity index (χ4v) is 3.70. The largest absolute Gasteiger partial charge is 0.353 e. The maximum atomic E-state index is 12.5. The summed E-state index contributed by atoms with van der Waals surface area (Å²) in [4.78, 5) is 11.8. The number of nitrogens with one attached hydrogen (secondary N) is 1. The number of ketones is 1. The topological polar surface area (TPSA) is 63.2 Å². The summed E-state index contributed by atoms with van der Waals surface area (Å²) in [5.41, 5.74) is 1.47. The standard InChI is InChI=1S/C14H11NO3S/c1-9(16)10-6-7-14-12(8-10)15-11-4-2-3-5-13(11)19(14,17)18/h2-8,15H,1H3. The van der Waals surface area contributed by atoms with E-state index < -0.39 is 9.84 Å². The van der Waals surface area contributed by atoms with Crippen molar-refractivity contribution in [3.05, 3.63) is 48.0 Å². The normalized spacial score (nSPS) is 15.0. The quantitative estimate of drug-likeness (QED) is 0.692. The first-order chi connectivity index (χ1) is 9.00. The Hall–Kier alpha value is -2.14. The first-order valence-electron chi connectivity index (χ1n) is 5.76. The van der Waals surface area contributed by atoms with E-state index in [1.54, 1.807) is 30.3 Å². The summed E-state index contributed by atoms with van der Waals surface area (Å²) in [6.45, 7) is 1.45. The molecule has 3 rings (SSSR count). The highest BCUT2D eigenvalue weighted by molar-refractivity contribution is 7.92. The highest BCUT2D eigenvalue weighted by Crippen LogP contribution is 2.39. The molecule has 0 unspecified atom stereocenters. The van der Waals surface area contributed by atoms with Gasteiger partial charge in [-0.15, -0.1) is 0 Å². The van der Waals surface area contributed by atoms with Crippen LogP contribution in [0.15, 0.2) is 52.3 Å². The van der Waals surface area contributed by atoms with Crippen molar-refractivity contribution in [3.63, 3.8) is 0 Å². The molecule has 0 aliphatic carbocycles. The van der Waals surface area contributed by atoms with Gasteiger partial charge in [-0.1, -0.05) is 12.1 Å². The Kier molecular flexibility index (Phi) is 2.46. The van der Waals surface area contributed by atoms with Crippen LogP contribution in [0, 0.1) is 0 Å². The minimum Gasteiger partial charge on any atom is -0.353 e. The molecular formula is C14H11NO3S. The van der Waals surface area contributed by atoms with E-state index in [1.807, 2.05) is 0 Å². The van der Waals surface area contributed by atoms with E-state index in [1.165, 1.54) is 19.1 Å². The van der Waals surface area contributed by atoms with Crippen molar-refractivity contribution in [3.8, 4) is 0 Å². The third-order valence-corrected chi connectivity index (χ3v) is 4.99. The van der Waals surface area contributed by atoms with Gasteiger partial charge in [0.15, 0.2) is 5.78 Å². The lowest BCUT2D eigenvalue weighted by atomic mass is 10.1. The van der Waals surface area contributed by atoms with Gasteiger partial charge in [0.05, 0.1) is 21.2 Å². The van der Waals surface area contributed by atoms with E-state index in [9.17, 15) is 13.2 Å². The fraction of sp³-hybridized carbons (Fsp3) is 0.0714. The predicted octanol–water partition coefficient (Wildman–Crippen LogP) is 2.78. The van der Waals surface area contributed by atoms with E-state index in [4.69, 9.17) is 0 Å². The molecule has 1 heterocycles. The Morgan fingerprint density at radius 3 is 2.42 bits per heavy atom. The molecule has 0 bridgehead atoms. The highest BCUT2D eigenvalue weighted by atomic mass is 32.2. The van der Waals surface area contributed by atoms with Gasteiger partial charge in [-0.3, -0.25) is 4.79 Å². The number of carbonyl (C=O) groups is 1. The third kappa shape index (κ3) is 1.74. The van der Waals surface area contributed by atoms with E-state index in [0.717, 1.165) is 0 Å². The third-order valence-electron chi connectivity index (χ3n) is 3.12. The number of anilines is 2. The maximum Gasteiger partial charge on any atom is 0.210 e. The van der Waals surface area contributed by atoms with Gasteiger partial charge in [-0.25, -0.2) is 8.42 Å². The van der Waals surface area contributed by atoms with Gasteiger partial charge in [0, 0.05) is 5.56 Å². The van der Waals surface area contributed by atoms with Crippen LogP contribution in [0.25, 0.3) is 0 Å². The highest BCUT2D eigenvalue weighted by Gasteiger charge is 2.29. The number of rotatable bonds is 1. The molecule has 0 aromatic heterocycles. The van der Waals surface area contributed by atoms with Gasteiger partial charge in [0.25, 0.3) is 0 Å².